The molecule has 1 aromatic carbocycles. The Hall–Kier alpha value is -0.900. The second-order valence-electron chi connectivity index (χ2n) is 3.70. The summed E-state index contributed by atoms with van der Waals surface area (Å²) in [5.41, 5.74) is 1.57. The predicted molar refractivity (Wildman–Crippen MR) is 72.1 cm³/mol. The maximum absolute atomic E-state index is 13.9. The first-order chi connectivity index (χ1) is 8.20. The van der Waals surface area contributed by atoms with Crippen LogP contribution in [-0.4, -0.2) is 6.54 Å². The SMILES string of the molecule is CCNCc1ccc(-c2ccc(Cl)s2)c(F)c1. The maximum atomic E-state index is 13.9. The van der Waals surface area contributed by atoms with Gasteiger partial charge in [-0.05, 0) is 30.3 Å². The molecule has 90 valence electrons. The Bertz CT molecular complexity index is 510. The predicted octanol–water partition coefficient (Wildman–Crippen LogP) is 4.32. The molecule has 1 nitrogen and oxygen atoms in total. The Morgan fingerprint density at radius 1 is 1.29 bits per heavy atom. The fraction of sp³-hybridized carbons (Fsp3) is 0.231. The number of benzene rings is 1. The zero-order chi connectivity index (χ0) is 12.3. The van der Waals surface area contributed by atoms with Crippen LogP contribution < -0.4 is 5.32 Å². The second-order valence-corrected chi connectivity index (χ2v) is 5.41. The van der Waals surface area contributed by atoms with E-state index in [-0.39, 0.29) is 5.82 Å². The maximum Gasteiger partial charge on any atom is 0.132 e. The molecule has 0 radical (unpaired) electrons. The molecule has 1 aromatic heterocycles. The highest BCUT2D eigenvalue weighted by Crippen LogP contribution is 2.32. The summed E-state index contributed by atoms with van der Waals surface area (Å²) in [7, 11) is 0. The molecule has 0 aliphatic rings. The van der Waals surface area contributed by atoms with Crippen molar-refractivity contribution >= 4 is 22.9 Å². The van der Waals surface area contributed by atoms with E-state index in [4.69, 9.17) is 11.6 Å². The van der Waals surface area contributed by atoms with E-state index in [2.05, 4.69) is 5.32 Å². The summed E-state index contributed by atoms with van der Waals surface area (Å²) >= 11 is 7.24. The van der Waals surface area contributed by atoms with Crippen molar-refractivity contribution in [1.82, 2.24) is 5.32 Å². The number of nitrogens with one attached hydrogen (secondary N) is 1. The average Bonchev–Trinajstić information content (AvgIpc) is 2.73. The standard InChI is InChI=1S/C13H13ClFNS/c1-2-16-8-9-3-4-10(11(15)7-9)12-5-6-13(14)17-12/h3-7,16H,2,8H2,1H3. The van der Waals surface area contributed by atoms with Gasteiger partial charge < -0.3 is 5.32 Å². The molecule has 0 saturated heterocycles. The van der Waals surface area contributed by atoms with Gasteiger partial charge in [-0.2, -0.15) is 0 Å². The molecule has 0 aliphatic carbocycles. The van der Waals surface area contributed by atoms with Gasteiger partial charge in [0, 0.05) is 17.0 Å². The fourth-order valence-electron chi connectivity index (χ4n) is 1.60. The molecule has 1 heterocycles. The number of halogens is 2. The molecule has 4 heteroatoms. The molecule has 2 rings (SSSR count). The van der Waals surface area contributed by atoms with Gasteiger partial charge in [-0.1, -0.05) is 30.7 Å². The van der Waals surface area contributed by atoms with Crippen molar-refractivity contribution in [3.8, 4) is 10.4 Å². The molecule has 0 fully saturated rings. The topological polar surface area (TPSA) is 12.0 Å². The van der Waals surface area contributed by atoms with Crippen LogP contribution in [0.4, 0.5) is 4.39 Å². The van der Waals surface area contributed by atoms with Gasteiger partial charge in [0.05, 0.1) is 4.34 Å². The molecule has 0 unspecified atom stereocenters. The highest BCUT2D eigenvalue weighted by molar-refractivity contribution is 7.19. The first-order valence-corrected chi connectivity index (χ1v) is 6.65. The molecule has 0 saturated carbocycles. The summed E-state index contributed by atoms with van der Waals surface area (Å²) in [4.78, 5) is 0.863. The van der Waals surface area contributed by atoms with Gasteiger partial charge >= 0.3 is 0 Å². The Morgan fingerprint density at radius 3 is 2.71 bits per heavy atom. The average molecular weight is 270 g/mol. The van der Waals surface area contributed by atoms with Crippen LogP contribution in [0.1, 0.15) is 12.5 Å². The van der Waals surface area contributed by atoms with Crippen LogP contribution in [0.15, 0.2) is 30.3 Å². The summed E-state index contributed by atoms with van der Waals surface area (Å²) in [6.07, 6.45) is 0. The van der Waals surface area contributed by atoms with Crippen LogP contribution in [0, 0.1) is 5.82 Å². The summed E-state index contributed by atoms with van der Waals surface area (Å²) < 4.78 is 14.6. The third kappa shape index (κ3) is 3.06. The molecule has 0 amide bonds. The zero-order valence-electron chi connectivity index (χ0n) is 9.47. The normalized spacial score (nSPS) is 10.8. The molecule has 0 bridgehead atoms. The quantitative estimate of drug-likeness (QED) is 0.872. The van der Waals surface area contributed by atoms with E-state index in [1.165, 1.54) is 11.3 Å². The lowest BCUT2D eigenvalue weighted by atomic mass is 10.1. The fourth-order valence-corrected chi connectivity index (χ4v) is 2.67. The highest BCUT2D eigenvalue weighted by Gasteiger charge is 2.08. The summed E-state index contributed by atoms with van der Waals surface area (Å²) in [5.74, 6) is -0.195. The van der Waals surface area contributed by atoms with E-state index in [0.29, 0.717) is 16.4 Å². The lowest BCUT2D eigenvalue weighted by Crippen LogP contribution is -2.11. The summed E-state index contributed by atoms with van der Waals surface area (Å²) in [6.45, 7) is 3.60. The van der Waals surface area contributed by atoms with E-state index in [0.717, 1.165) is 17.0 Å². The smallest absolute Gasteiger partial charge is 0.132 e. The van der Waals surface area contributed by atoms with Crippen molar-refractivity contribution in [2.75, 3.05) is 6.54 Å². The summed E-state index contributed by atoms with van der Waals surface area (Å²) in [6, 6.07) is 8.95. The molecular weight excluding hydrogens is 257 g/mol. The van der Waals surface area contributed by atoms with E-state index in [1.807, 2.05) is 25.1 Å². The lowest BCUT2D eigenvalue weighted by Gasteiger charge is -2.05. The summed E-state index contributed by atoms with van der Waals surface area (Å²) in [5, 5.41) is 3.17. The molecule has 0 spiro atoms. The van der Waals surface area contributed by atoms with Crippen LogP contribution in [0.5, 0.6) is 0 Å². The van der Waals surface area contributed by atoms with Crippen LogP contribution >= 0.6 is 22.9 Å². The molecule has 0 atom stereocenters. The number of hydrogen-bond donors (Lipinski definition) is 1. The van der Waals surface area contributed by atoms with Crippen molar-refractivity contribution in [2.45, 2.75) is 13.5 Å². The number of hydrogen-bond acceptors (Lipinski definition) is 2. The number of rotatable bonds is 4. The van der Waals surface area contributed by atoms with Gasteiger partial charge in [0.2, 0.25) is 0 Å². The van der Waals surface area contributed by atoms with Gasteiger partial charge in [0.1, 0.15) is 5.82 Å². The lowest BCUT2D eigenvalue weighted by molar-refractivity contribution is 0.625. The third-order valence-corrected chi connectivity index (χ3v) is 3.72. The van der Waals surface area contributed by atoms with Crippen LogP contribution in [0.2, 0.25) is 4.34 Å². The van der Waals surface area contributed by atoms with Gasteiger partial charge in [-0.3, -0.25) is 0 Å². The Morgan fingerprint density at radius 2 is 2.12 bits per heavy atom. The van der Waals surface area contributed by atoms with Gasteiger partial charge in [-0.25, -0.2) is 4.39 Å². The Kier molecular flexibility index (Phi) is 4.15. The van der Waals surface area contributed by atoms with Gasteiger partial charge in [0.15, 0.2) is 0 Å². The zero-order valence-corrected chi connectivity index (χ0v) is 11.0. The Labute approximate surface area is 109 Å². The van der Waals surface area contributed by atoms with Crippen molar-refractivity contribution in [1.29, 1.82) is 0 Å². The van der Waals surface area contributed by atoms with Crippen LogP contribution in [0.25, 0.3) is 10.4 Å². The molecule has 2 aromatic rings. The third-order valence-electron chi connectivity index (χ3n) is 2.45. The van der Waals surface area contributed by atoms with Crippen LogP contribution in [0.3, 0.4) is 0 Å². The highest BCUT2D eigenvalue weighted by atomic mass is 35.5. The van der Waals surface area contributed by atoms with Gasteiger partial charge in [-0.15, -0.1) is 11.3 Å². The monoisotopic (exact) mass is 269 g/mol. The van der Waals surface area contributed by atoms with E-state index in [9.17, 15) is 4.39 Å². The minimum atomic E-state index is -0.195. The minimum absolute atomic E-state index is 0.195. The van der Waals surface area contributed by atoms with E-state index in [1.54, 1.807) is 12.1 Å². The molecular formula is C13H13ClFNS. The first-order valence-electron chi connectivity index (χ1n) is 5.45. The van der Waals surface area contributed by atoms with Crippen molar-refractivity contribution < 1.29 is 4.39 Å². The van der Waals surface area contributed by atoms with Crippen molar-refractivity contribution in [3.63, 3.8) is 0 Å². The van der Waals surface area contributed by atoms with E-state index < -0.39 is 0 Å². The first kappa shape index (κ1) is 12.6. The largest absolute Gasteiger partial charge is 0.313 e. The van der Waals surface area contributed by atoms with E-state index >= 15 is 0 Å². The minimum Gasteiger partial charge on any atom is -0.313 e. The molecule has 1 N–H and O–H groups in total. The van der Waals surface area contributed by atoms with Crippen molar-refractivity contribution in [3.05, 3.63) is 46.0 Å². The molecule has 0 aliphatic heterocycles. The molecule has 17 heavy (non-hydrogen) atoms. The second kappa shape index (κ2) is 5.63. The number of thiophene rings is 1. The van der Waals surface area contributed by atoms with Gasteiger partial charge in [0.25, 0.3) is 0 Å². The Balaban J connectivity index is 2.25. The van der Waals surface area contributed by atoms with Crippen molar-refractivity contribution in [2.24, 2.45) is 0 Å². The van der Waals surface area contributed by atoms with Crippen LogP contribution in [-0.2, 0) is 6.54 Å².